The van der Waals surface area contributed by atoms with Crippen molar-refractivity contribution in [1.82, 2.24) is 9.88 Å². The zero-order valence-corrected chi connectivity index (χ0v) is 21.4. The van der Waals surface area contributed by atoms with Gasteiger partial charge in [0.25, 0.3) is 0 Å². The number of nitrogens with zero attached hydrogens (tertiary/aromatic N) is 2. The van der Waals surface area contributed by atoms with Crippen molar-refractivity contribution in [3.63, 3.8) is 0 Å². The van der Waals surface area contributed by atoms with Crippen molar-refractivity contribution in [2.24, 2.45) is 11.8 Å². The van der Waals surface area contributed by atoms with Gasteiger partial charge in [0, 0.05) is 29.6 Å². The van der Waals surface area contributed by atoms with E-state index in [9.17, 15) is 5.11 Å². The number of rotatable bonds is 11. The van der Waals surface area contributed by atoms with Gasteiger partial charge in [-0.15, -0.1) is 11.8 Å². The average Bonchev–Trinajstić information content (AvgIpc) is 2.87. The van der Waals surface area contributed by atoms with Crippen molar-refractivity contribution in [3.8, 4) is 5.75 Å². The highest BCUT2D eigenvalue weighted by Crippen LogP contribution is 2.30. The summed E-state index contributed by atoms with van der Waals surface area (Å²) in [7, 11) is 1.71. The number of hydrogen-bond acceptors (Lipinski definition) is 5. The molecule has 0 bridgehead atoms. The predicted molar refractivity (Wildman–Crippen MR) is 143 cm³/mol. The lowest BCUT2D eigenvalue weighted by atomic mass is 9.82. The first-order chi connectivity index (χ1) is 16.7. The quantitative estimate of drug-likeness (QED) is 0.271. The standard InChI is InChI=1S/C29H38N2O2S/c1-22-6-3-9-27(18-22)34-17-5-15-31-16-13-23(25(20-31)21-32)7-4-8-24-12-14-30-29-11-10-26(33-2)19-28(24)29/h3,6,9-12,14,18-19,23,25,32H,4-5,7-8,13,15-17,20-21H2,1-2H3/t23-,25-/m1/s1. The van der Waals surface area contributed by atoms with Gasteiger partial charge in [-0.3, -0.25) is 4.98 Å². The van der Waals surface area contributed by atoms with Crippen LogP contribution in [0.5, 0.6) is 5.75 Å². The minimum atomic E-state index is 0.300. The summed E-state index contributed by atoms with van der Waals surface area (Å²) in [5, 5.41) is 11.3. The van der Waals surface area contributed by atoms with Crippen molar-refractivity contribution in [2.75, 3.05) is 39.1 Å². The van der Waals surface area contributed by atoms with E-state index in [1.165, 1.54) is 40.7 Å². The van der Waals surface area contributed by atoms with Crippen LogP contribution in [-0.4, -0.2) is 54.1 Å². The Morgan fingerprint density at radius 2 is 2.03 bits per heavy atom. The number of methoxy groups -OCH3 is 1. The molecule has 2 aromatic carbocycles. The maximum absolute atomic E-state index is 10.1. The summed E-state index contributed by atoms with van der Waals surface area (Å²) in [6.45, 7) is 5.78. The van der Waals surface area contributed by atoms with Gasteiger partial charge in [0.2, 0.25) is 0 Å². The molecule has 2 heterocycles. The molecule has 4 nitrogen and oxygen atoms in total. The van der Waals surface area contributed by atoms with Crippen LogP contribution < -0.4 is 4.74 Å². The number of pyridine rings is 1. The van der Waals surface area contributed by atoms with Crippen LogP contribution in [0.15, 0.2) is 59.6 Å². The molecule has 1 aromatic heterocycles. The van der Waals surface area contributed by atoms with Gasteiger partial charge in [-0.05, 0) is 112 Å². The van der Waals surface area contributed by atoms with E-state index in [0.717, 1.165) is 49.5 Å². The fraction of sp³-hybridized carbons (Fsp3) is 0.483. The summed E-state index contributed by atoms with van der Waals surface area (Å²) in [6.07, 6.45) is 7.67. The second kappa shape index (κ2) is 12.6. The number of benzene rings is 2. The van der Waals surface area contributed by atoms with Crippen LogP contribution in [0.25, 0.3) is 10.9 Å². The topological polar surface area (TPSA) is 45.6 Å². The van der Waals surface area contributed by atoms with Crippen molar-refractivity contribution in [2.45, 2.75) is 43.9 Å². The van der Waals surface area contributed by atoms with Crippen molar-refractivity contribution in [3.05, 3.63) is 65.9 Å². The van der Waals surface area contributed by atoms with E-state index >= 15 is 0 Å². The number of ether oxygens (including phenoxy) is 1. The normalized spacial score (nSPS) is 18.9. The summed E-state index contributed by atoms with van der Waals surface area (Å²) in [5.41, 5.74) is 3.70. The Hall–Kier alpha value is -2.08. The van der Waals surface area contributed by atoms with E-state index in [1.54, 1.807) is 7.11 Å². The van der Waals surface area contributed by atoms with Crippen molar-refractivity contribution >= 4 is 22.7 Å². The Kier molecular flexibility index (Phi) is 9.25. The molecule has 182 valence electrons. The number of likely N-dealkylation sites (tertiary alicyclic amines) is 1. The van der Waals surface area contributed by atoms with E-state index in [1.807, 2.05) is 30.1 Å². The number of piperidine rings is 1. The summed E-state index contributed by atoms with van der Waals surface area (Å²) >= 11 is 1.95. The average molecular weight is 479 g/mol. The minimum Gasteiger partial charge on any atom is -0.497 e. The van der Waals surface area contributed by atoms with E-state index in [-0.39, 0.29) is 0 Å². The Morgan fingerprint density at radius 1 is 1.12 bits per heavy atom. The van der Waals surface area contributed by atoms with Gasteiger partial charge in [0.1, 0.15) is 5.75 Å². The molecule has 0 amide bonds. The Bertz CT molecular complexity index is 1060. The third-order valence-corrected chi connectivity index (χ3v) is 8.23. The molecule has 1 fully saturated rings. The van der Waals surface area contributed by atoms with Gasteiger partial charge in [-0.25, -0.2) is 0 Å². The lowest BCUT2D eigenvalue weighted by molar-refractivity contribution is 0.0677. The molecule has 0 radical (unpaired) electrons. The lowest BCUT2D eigenvalue weighted by Gasteiger charge is -2.38. The summed E-state index contributed by atoms with van der Waals surface area (Å²) in [5.74, 6) is 3.04. The molecule has 1 aliphatic heterocycles. The number of aromatic nitrogens is 1. The lowest BCUT2D eigenvalue weighted by Crippen LogP contribution is -2.42. The number of thioether (sulfide) groups is 1. The fourth-order valence-electron chi connectivity index (χ4n) is 5.21. The number of aliphatic hydroxyl groups is 1. The number of fused-ring (bicyclic) bond motifs is 1. The SMILES string of the molecule is COc1ccc2nccc(CCC[C@@H]3CCN(CCCSc4cccc(C)c4)C[C@@H]3CO)c2c1. The largest absolute Gasteiger partial charge is 0.497 e. The van der Waals surface area contributed by atoms with Crippen LogP contribution in [0.3, 0.4) is 0 Å². The van der Waals surface area contributed by atoms with Gasteiger partial charge in [0.15, 0.2) is 0 Å². The molecule has 1 aliphatic rings. The number of aryl methyl sites for hydroxylation is 2. The highest BCUT2D eigenvalue weighted by Gasteiger charge is 2.28. The number of hydrogen-bond donors (Lipinski definition) is 1. The molecule has 1 saturated heterocycles. The molecule has 0 spiro atoms. The van der Waals surface area contributed by atoms with Gasteiger partial charge < -0.3 is 14.7 Å². The predicted octanol–water partition coefficient (Wildman–Crippen LogP) is 5.99. The molecule has 0 saturated carbocycles. The van der Waals surface area contributed by atoms with Crippen molar-refractivity contribution < 1.29 is 9.84 Å². The molecule has 2 atom stereocenters. The zero-order valence-electron chi connectivity index (χ0n) is 20.6. The van der Waals surface area contributed by atoms with Gasteiger partial charge in [-0.2, -0.15) is 0 Å². The van der Waals surface area contributed by atoms with Gasteiger partial charge in [0.05, 0.1) is 12.6 Å². The Labute approximate surface area is 208 Å². The van der Waals surface area contributed by atoms with Crippen LogP contribution in [0.4, 0.5) is 0 Å². The van der Waals surface area contributed by atoms with Crippen LogP contribution in [0.1, 0.15) is 36.8 Å². The molecule has 3 aromatic rings. The Morgan fingerprint density at radius 3 is 2.85 bits per heavy atom. The Balaban J connectivity index is 1.22. The van der Waals surface area contributed by atoms with E-state index in [2.05, 4.69) is 53.2 Å². The fourth-order valence-corrected chi connectivity index (χ4v) is 6.16. The molecular weight excluding hydrogens is 440 g/mol. The molecular formula is C29H38N2O2S. The molecule has 4 rings (SSSR count). The third-order valence-electron chi connectivity index (χ3n) is 7.15. The smallest absolute Gasteiger partial charge is 0.119 e. The summed E-state index contributed by atoms with van der Waals surface area (Å²) in [6, 6.07) is 17.0. The minimum absolute atomic E-state index is 0.300. The highest BCUT2D eigenvalue weighted by molar-refractivity contribution is 7.99. The van der Waals surface area contributed by atoms with Crippen LogP contribution >= 0.6 is 11.8 Å². The van der Waals surface area contributed by atoms with E-state index in [0.29, 0.717) is 18.4 Å². The molecule has 1 N–H and O–H groups in total. The maximum Gasteiger partial charge on any atom is 0.119 e. The first kappa shape index (κ1) is 25.0. The van der Waals surface area contributed by atoms with Crippen LogP contribution in [0.2, 0.25) is 0 Å². The molecule has 34 heavy (non-hydrogen) atoms. The highest BCUT2D eigenvalue weighted by atomic mass is 32.2. The van der Waals surface area contributed by atoms with Crippen LogP contribution in [-0.2, 0) is 6.42 Å². The number of aliphatic hydroxyl groups excluding tert-OH is 1. The summed E-state index contributed by atoms with van der Waals surface area (Å²) < 4.78 is 5.42. The first-order valence-corrected chi connectivity index (χ1v) is 13.6. The zero-order chi connectivity index (χ0) is 23.8. The molecule has 0 aliphatic carbocycles. The van der Waals surface area contributed by atoms with Gasteiger partial charge in [-0.1, -0.05) is 17.7 Å². The summed E-state index contributed by atoms with van der Waals surface area (Å²) in [4.78, 5) is 8.44. The van der Waals surface area contributed by atoms with Crippen LogP contribution in [0, 0.1) is 18.8 Å². The third kappa shape index (κ3) is 6.74. The monoisotopic (exact) mass is 478 g/mol. The maximum atomic E-state index is 10.1. The second-order valence-electron chi connectivity index (χ2n) is 9.56. The van der Waals surface area contributed by atoms with E-state index < -0.39 is 0 Å². The van der Waals surface area contributed by atoms with Crippen molar-refractivity contribution in [1.29, 1.82) is 0 Å². The van der Waals surface area contributed by atoms with E-state index in [4.69, 9.17) is 4.74 Å². The first-order valence-electron chi connectivity index (χ1n) is 12.6. The molecule has 0 unspecified atom stereocenters. The second-order valence-corrected chi connectivity index (χ2v) is 10.7. The molecule has 5 heteroatoms. The van der Waals surface area contributed by atoms with Gasteiger partial charge >= 0.3 is 0 Å².